The van der Waals surface area contributed by atoms with Gasteiger partial charge < -0.3 is 5.32 Å². The molecule has 5 nitrogen and oxygen atoms in total. The van der Waals surface area contributed by atoms with E-state index < -0.39 is 6.04 Å². The molecule has 2 bridgehead atoms. The molecule has 1 saturated heterocycles. The number of carbonyl (C=O) groups is 3. The number of nitrogens with one attached hydrogen (secondary N) is 1. The van der Waals surface area contributed by atoms with Crippen molar-refractivity contribution in [1.82, 2.24) is 10.2 Å². The topological polar surface area (TPSA) is 66.5 Å². The molecule has 3 aliphatic carbocycles. The highest BCUT2D eigenvalue weighted by atomic mass is 16.2. The molecular weight excluding hydrogens is 328 g/mol. The molecule has 0 radical (unpaired) electrons. The number of likely N-dealkylation sites (tertiary alicyclic amines) is 1. The molecule has 136 valence electrons. The highest BCUT2D eigenvalue weighted by molar-refractivity contribution is 6.09. The van der Waals surface area contributed by atoms with E-state index >= 15 is 0 Å². The Morgan fingerprint density at radius 3 is 2.15 bits per heavy atom. The largest absolute Gasteiger partial charge is 0.350 e. The van der Waals surface area contributed by atoms with Crippen molar-refractivity contribution in [3.63, 3.8) is 0 Å². The van der Waals surface area contributed by atoms with Gasteiger partial charge in [-0.3, -0.25) is 19.3 Å². The minimum atomic E-state index is -0.719. The minimum Gasteiger partial charge on any atom is -0.350 e. The van der Waals surface area contributed by atoms with E-state index in [1.54, 1.807) is 0 Å². The lowest BCUT2D eigenvalue weighted by Crippen LogP contribution is -2.49. The van der Waals surface area contributed by atoms with Crippen LogP contribution in [0.3, 0.4) is 0 Å². The third-order valence-corrected chi connectivity index (χ3v) is 6.10. The average Bonchev–Trinajstić information content (AvgIpc) is 2.96. The van der Waals surface area contributed by atoms with E-state index in [4.69, 9.17) is 0 Å². The number of imide groups is 1. The smallest absolute Gasteiger partial charge is 0.243 e. The van der Waals surface area contributed by atoms with Crippen LogP contribution in [0.5, 0.6) is 0 Å². The van der Waals surface area contributed by atoms with Crippen LogP contribution in [-0.4, -0.2) is 28.7 Å². The van der Waals surface area contributed by atoms with Crippen molar-refractivity contribution in [2.45, 2.75) is 38.8 Å². The predicted molar refractivity (Wildman–Crippen MR) is 96.6 cm³/mol. The molecule has 0 spiro atoms. The summed E-state index contributed by atoms with van der Waals surface area (Å²) in [6.45, 7) is 2.24. The van der Waals surface area contributed by atoms with Crippen LogP contribution < -0.4 is 5.32 Å². The number of amides is 3. The first-order valence-corrected chi connectivity index (χ1v) is 9.48. The van der Waals surface area contributed by atoms with Crippen LogP contribution in [0.25, 0.3) is 0 Å². The second kappa shape index (κ2) is 6.71. The lowest BCUT2D eigenvalue weighted by Gasteiger charge is -2.38. The maximum atomic E-state index is 13.0. The van der Waals surface area contributed by atoms with Gasteiger partial charge in [-0.15, -0.1) is 0 Å². The summed E-state index contributed by atoms with van der Waals surface area (Å²) in [6.07, 6.45) is 6.56. The van der Waals surface area contributed by atoms with Crippen molar-refractivity contribution in [3.8, 4) is 0 Å². The molecule has 26 heavy (non-hydrogen) atoms. The van der Waals surface area contributed by atoms with E-state index in [0.29, 0.717) is 13.0 Å². The zero-order valence-electron chi connectivity index (χ0n) is 14.9. The first kappa shape index (κ1) is 17.0. The maximum Gasteiger partial charge on any atom is 0.243 e. The fourth-order valence-electron chi connectivity index (χ4n) is 4.79. The average molecular weight is 352 g/mol. The summed E-state index contributed by atoms with van der Waals surface area (Å²) in [6, 6.07) is 8.91. The van der Waals surface area contributed by atoms with Crippen molar-refractivity contribution in [2.75, 3.05) is 0 Å². The fourth-order valence-corrected chi connectivity index (χ4v) is 4.79. The van der Waals surface area contributed by atoms with E-state index in [0.717, 1.165) is 18.4 Å². The van der Waals surface area contributed by atoms with Gasteiger partial charge in [-0.2, -0.15) is 0 Å². The highest BCUT2D eigenvalue weighted by Gasteiger charge is 2.58. The van der Waals surface area contributed by atoms with Gasteiger partial charge in [-0.1, -0.05) is 49.4 Å². The summed E-state index contributed by atoms with van der Waals surface area (Å²) in [5.41, 5.74) is 0.991. The Morgan fingerprint density at radius 2 is 1.65 bits per heavy atom. The number of nitrogens with zero attached hydrogens (tertiary/aromatic N) is 1. The van der Waals surface area contributed by atoms with Gasteiger partial charge in [-0.25, -0.2) is 0 Å². The molecule has 1 aliphatic heterocycles. The van der Waals surface area contributed by atoms with Crippen molar-refractivity contribution in [1.29, 1.82) is 0 Å². The van der Waals surface area contributed by atoms with Gasteiger partial charge in [0.05, 0.1) is 11.8 Å². The van der Waals surface area contributed by atoms with Crippen LogP contribution in [0.1, 0.15) is 31.7 Å². The van der Waals surface area contributed by atoms with Gasteiger partial charge in [-0.05, 0) is 36.7 Å². The van der Waals surface area contributed by atoms with Crippen LogP contribution in [0.4, 0.5) is 0 Å². The van der Waals surface area contributed by atoms with Crippen LogP contribution in [-0.2, 0) is 20.9 Å². The molecule has 1 N–H and O–H groups in total. The fraction of sp³-hybridized carbons (Fsp3) is 0.476. The second-order valence-electron chi connectivity index (χ2n) is 7.52. The zero-order chi connectivity index (χ0) is 18.3. The first-order chi connectivity index (χ1) is 12.6. The molecule has 2 fully saturated rings. The van der Waals surface area contributed by atoms with Crippen LogP contribution >= 0.6 is 0 Å². The summed E-state index contributed by atoms with van der Waals surface area (Å²) < 4.78 is 0. The zero-order valence-corrected chi connectivity index (χ0v) is 14.9. The third kappa shape index (κ3) is 2.66. The molecule has 0 unspecified atom stereocenters. The number of carbonyl (C=O) groups excluding carboxylic acids is 3. The van der Waals surface area contributed by atoms with Gasteiger partial charge in [0, 0.05) is 6.54 Å². The molecule has 4 aliphatic rings. The van der Waals surface area contributed by atoms with E-state index in [9.17, 15) is 14.4 Å². The molecule has 5 rings (SSSR count). The number of allylic oxidation sites excluding steroid dienone is 2. The lowest BCUT2D eigenvalue weighted by atomic mass is 9.63. The summed E-state index contributed by atoms with van der Waals surface area (Å²) in [5, 5.41) is 2.89. The molecule has 5 heteroatoms. The predicted octanol–water partition coefficient (Wildman–Crippen LogP) is 2.28. The van der Waals surface area contributed by atoms with Crippen LogP contribution in [0.2, 0.25) is 0 Å². The SMILES string of the molecule is CC[C@H](C(=O)NCc1ccccc1)N1C(=O)[C@H]2[C@H](C1=O)[C@H]1C=C[C@H]2CC1. The van der Waals surface area contributed by atoms with Crippen molar-refractivity contribution in [2.24, 2.45) is 23.7 Å². The number of hydrogen-bond acceptors (Lipinski definition) is 3. The molecule has 3 amide bonds. The van der Waals surface area contributed by atoms with Crippen molar-refractivity contribution in [3.05, 3.63) is 48.0 Å². The lowest BCUT2D eigenvalue weighted by molar-refractivity contribution is -0.148. The Bertz CT molecular complexity index is 726. The number of hydrogen-bond donors (Lipinski definition) is 1. The van der Waals surface area contributed by atoms with Crippen LogP contribution in [0.15, 0.2) is 42.5 Å². The quantitative estimate of drug-likeness (QED) is 0.653. The Morgan fingerprint density at radius 1 is 1.08 bits per heavy atom. The minimum absolute atomic E-state index is 0.149. The van der Waals surface area contributed by atoms with E-state index in [1.165, 1.54) is 4.90 Å². The summed E-state index contributed by atoms with van der Waals surface area (Å²) in [7, 11) is 0. The van der Waals surface area contributed by atoms with Crippen LogP contribution in [0, 0.1) is 23.7 Å². The summed E-state index contributed by atoms with van der Waals surface area (Å²) in [5.74, 6) is -0.782. The van der Waals surface area contributed by atoms with Gasteiger partial charge in [0.1, 0.15) is 6.04 Å². The molecule has 1 aromatic carbocycles. The molecule has 1 saturated carbocycles. The van der Waals surface area contributed by atoms with E-state index in [-0.39, 0.29) is 41.4 Å². The first-order valence-electron chi connectivity index (χ1n) is 9.48. The third-order valence-electron chi connectivity index (χ3n) is 6.10. The Labute approximate surface area is 153 Å². The maximum absolute atomic E-state index is 13.0. The van der Waals surface area contributed by atoms with Gasteiger partial charge in [0.15, 0.2) is 0 Å². The van der Waals surface area contributed by atoms with Gasteiger partial charge in [0.25, 0.3) is 0 Å². The monoisotopic (exact) mass is 352 g/mol. The van der Waals surface area contributed by atoms with E-state index in [1.807, 2.05) is 37.3 Å². The number of rotatable bonds is 5. The van der Waals surface area contributed by atoms with Gasteiger partial charge >= 0.3 is 0 Å². The summed E-state index contributed by atoms with van der Waals surface area (Å²) in [4.78, 5) is 40.0. The molecule has 1 aromatic rings. The normalized spacial score (nSPS) is 30.4. The standard InChI is InChI=1S/C21H24N2O3/c1-2-16(19(24)22-12-13-6-4-3-5-7-13)23-20(25)17-14-8-9-15(11-10-14)18(17)21(23)26/h3-9,14-18H,2,10-12H2,1H3,(H,22,24)/t14-,15-,16+,17+,18+/m0/s1. The Hall–Kier alpha value is -2.43. The molecule has 5 atom stereocenters. The van der Waals surface area contributed by atoms with Crippen molar-refractivity contribution >= 4 is 17.7 Å². The Balaban J connectivity index is 1.50. The number of benzene rings is 1. The van der Waals surface area contributed by atoms with Gasteiger partial charge in [0.2, 0.25) is 17.7 Å². The highest BCUT2D eigenvalue weighted by Crippen LogP contribution is 2.50. The molecule has 1 heterocycles. The molecule has 0 aromatic heterocycles. The molecular formula is C21H24N2O3. The van der Waals surface area contributed by atoms with E-state index in [2.05, 4.69) is 17.5 Å². The second-order valence-corrected chi connectivity index (χ2v) is 7.52. The number of fused-ring (bicyclic) bond motifs is 1. The summed E-state index contributed by atoms with van der Waals surface area (Å²) >= 11 is 0. The Kier molecular flexibility index (Phi) is 4.39. The van der Waals surface area contributed by atoms with Crippen molar-refractivity contribution < 1.29 is 14.4 Å².